The van der Waals surface area contributed by atoms with E-state index < -0.39 is 33.4 Å². The topological polar surface area (TPSA) is 130 Å². The molecule has 2 aromatic rings. The van der Waals surface area contributed by atoms with E-state index in [1.807, 2.05) is 37.3 Å². The van der Waals surface area contributed by atoms with Crippen LogP contribution in [0.3, 0.4) is 0 Å². The lowest BCUT2D eigenvalue weighted by atomic mass is 9.95. The molecular formula is C27H36N4O6S. The molecule has 1 atom stereocenters. The molecular weight excluding hydrogens is 508 g/mol. The quantitative estimate of drug-likeness (QED) is 0.321. The minimum absolute atomic E-state index is 0.0118. The van der Waals surface area contributed by atoms with Crippen molar-refractivity contribution in [2.75, 3.05) is 23.7 Å². The van der Waals surface area contributed by atoms with Crippen molar-refractivity contribution in [2.24, 2.45) is 0 Å². The van der Waals surface area contributed by atoms with Crippen molar-refractivity contribution in [3.8, 4) is 0 Å². The van der Waals surface area contributed by atoms with E-state index in [0.717, 1.165) is 54.3 Å². The molecule has 2 aromatic carbocycles. The molecule has 3 rings (SSSR count). The fourth-order valence-electron chi connectivity index (χ4n) is 4.82. The van der Waals surface area contributed by atoms with E-state index in [1.165, 1.54) is 23.1 Å². The first-order valence-electron chi connectivity index (χ1n) is 13.0. The highest BCUT2D eigenvalue weighted by Crippen LogP contribution is 2.24. The highest BCUT2D eigenvalue weighted by atomic mass is 32.2. The second kappa shape index (κ2) is 13.4. The van der Waals surface area contributed by atoms with Crippen LogP contribution in [0.15, 0.2) is 54.6 Å². The predicted octanol–water partition coefficient (Wildman–Crippen LogP) is 3.66. The van der Waals surface area contributed by atoms with E-state index in [0.29, 0.717) is 12.8 Å². The molecule has 1 N–H and O–H groups in total. The molecule has 1 saturated carbocycles. The number of carbonyl (C=O) groups is 2. The van der Waals surface area contributed by atoms with Crippen molar-refractivity contribution in [3.63, 3.8) is 0 Å². The third-order valence-corrected chi connectivity index (χ3v) is 7.97. The number of hydrogen-bond acceptors (Lipinski definition) is 6. The smallest absolute Gasteiger partial charge is 0.271 e. The molecule has 0 aliphatic heterocycles. The molecule has 1 aliphatic carbocycles. The van der Waals surface area contributed by atoms with Gasteiger partial charge in [0.2, 0.25) is 21.8 Å². The molecule has 38 heavy (non-hydrogen) atoms. The number of nitrogens with one attached hydrogen (secondary N) is 1. The summed E-state index contributed by atoms with van der Waals surface area (Å²) in [5, 5.41) is 14.4. The molecule has 0 aromatic heterocycles. The largest absolute Gasteiger partial charge is 0.352 e. The van der Waals surface area contributed by atoms with Gasteiger partial charge in [-0.1, -0.05) is 62.6 Å². The summed E-state index contributed by atoms with van der Waals surface area (Å²) in [7, 11) is -3.97. The Hall–Kier alpha value is -3.47. The maximum atomic E-state index is 13.7. The Labute approximate surface area is 224 Å². The van der Waals surface area contributed by atoms with Gasteiger partial charge in [0, 0.05) is 24.7 Å². The molecule has 206 valence electrons. The van der Waals surface area contributed by atoms with E-state index in [2.05, 4.69) is 5.32 Å². The van der Waals surface area contributed by atoms with Crippen molar-refractivity contribution in [3.05, 3.63) is 70.3 Å². The van der Waals surface area contributed by atoms with E-state index in [4.69, 9.17) is 0 Å². The summed E-state index contributed by atoms with van der Waals surface area (Å²) >= 11 is 0. The lowest BCUT2D eigenvalue weighted by molar-refractivity contribution is -0.384. The van der Waals surface area contributed by atoms with Gasteiger partial charge in [-0.2, -0.15) is 0 Å². The van der Waals surface area contributed by atoms with Crippen molar-refractivity contribution in [2.45, 2.75) is 64.0 Å². The molecule has 1 aliphatic rings. The van der Waals surface area contributed by atoms with Gasteiger partial charge in [-0.25, -0.2) is 8.42 Å². The molecule has 10 nitrogen and oxygen atoms in total. The normalized spacial score (nSPS) is 14.9. The molecule has 2 amide bonds. The van der Waals surface area contributed by atoms with Gasteiger partial charge in [0.05, 0.1) is 16.9 Å². The first-order valence-corrected chi connectivity index (χ1v) is 14.8. The number of hydrogen-bond donors (Lipinski definition) is 1. The first kappa shape index (κ1) is 29.1. The van der Waals surface area contributed by atoms with Crippen LogP contribution in [0, 0.1) is 10.1 Å². The second-order valence-corrected chi connectivity index (χ2v) is 11.5. The van der Waals surface area contributed by atoms with E-state index >= 15 is 0 Å². The van der Waals surface area contributed by atoms with Crippen molar-refractivity contribution >= 4 is 33.2 Å². The number of nitrogens with zero attached hydrogens (tertiary/aromatic N) is 3. The molecule has 11 heteroatoms. The Morgan fingerprint density at radius 2 is 1.76 bits per heavy atom. The zero-order valence-electron chi connectivity index (χ0n) is 21.9. The molecule has 0 unspecified atom stereocenters. The van der Waals surface area contributed by atoms with E-state index in [9.17, 15) is 28.1 Å². The van der Waals surface area contributed by atoms with Gasteiger partial charge in [0.1, 0.15) is 12.6 Å². The van der Waals surface area contributed by atoms with Crippen LogP contribution < -0.4 is 9.62 Å². The lowest BCUT2D eigenvalue weighted by Gasteiger charge is -2.34. The van der Waals surface area contributed by atoms with Gasteiger partial charge in [0.25, 0.3) is 5.69 Å². The van der Waals surface area contributed by atoms with E-state index in [-0.39, 0.29) is 29.9 Å². The summed E-state index contributed by atoms with van der Waals surface area (Å²) in [6.07, 6.45) is 6.81. The number of rotatable bonds is 12. The minimum atomic E-state index is -3.97. The zero-order valence-corrected chi connectivity index (χ0v) is 22.7. The molecule has 0 heterocycles. The van der Waals surface area contributed by atoms with Crippen LogP contribution in [-0.2, 0) is 26.0 Å². The Kier molecular flexibility index (Phi) is 10.2. The number of nitro groups is 1. The van der Waals surface area contributed by atoms with Crippen LogP contribution in [0.4, 0.5) is 11.4 Å². The zero-order chi connectivity index (χ0) is 27.7. The fourth-order valence-corrected chi connectivity index (χ4v) is 5.66. The standard InChI is InChI=1S/C27H36N4O6S/c1-3-25(27(33)28-22-13-8-5-9-14-22)29(18-17-21-11-6-4-7-12-21)26(32)20-30(38(2,36)37)23-15-10-16-24(19-23)31(34)35/h4,6-7,10-12,15-16,19,22,25H,3,5,8-9,13-14,17-18,20H2,1-2H3,(H,28,33)/t25-/m1/s1. The minimum Gasteiger partial charge on any atom is -0.352 e. The van der Waals surface area contributed by atoms with Gasteiger partial charge in [-0.3, -0.25) is 24.0 Å². The predicted molar refractivity (Wildman–Crippen MR) is 146 cm³/mol. The average molecular weight is 545 g/mol. The SMILES string of the molecule is CC[C@H](C(=O)NC1CCCCC1)N(CCc1ccccc1)C(=O)CN(c1cccc([N+](=O)[O-])c1)S(C)(=O)=O. The van der Waals surface area contributed by atoms with Crippen LogP contribution in [0.5, 0.6) is 0 Å². The van der Waals surface area contributed by atoms with Crippen LogP contribution in [0.2, 0.25) is 0 Å². The fraction of sp³-hybridized carbons (Fsp3) is 0.481. The molecule has 1 fully saturated rings. The van der Waals surface area contributed by atoms with Gasteiger partial charge in [0.15, 0.2) is 0 Å². The number of anilines is 1. The van der Waals surface area contributed by atoms with Crippen molar-refractivity contribution < 1.29 is 22.9 Å². The number of amides is 2. The Bertz CT molecular complexity index is 1220. The summed E-state index contributed by atoms with van der Waals surface area (Å²) in [5.74, 6) is -0.800. The second-order valence-electron chi connectivity index (χ2n) is 9.64. The Morgan fingerprint density at radius 3 is 2.37 bits per heavy atom. The number of non-ortho nitro benzene ring substituents is 1. The van der Waals surface area contributed by atoms with Gasteiger partial charge in [-0.05, 0) is 37.3 Å². The van der Waals surface area contributed by atoms with Crippen molar-refractivity contribution in [1.82, 2.24) is 10.2 Å². The summed E-state index contributed by atoms with van der Waals surface area (Å²) < 4.78 is 26.2. The monoisotopic (exact) mass is 544 g/mol. The van der Waals surface area contributed by atoms with Crippen LogP contribution >= 0.6 is 0 Å². The third kappa shape index (κ3) is 8.01. The maximum Gasteiger partial charge on any atom is 0.271 e. The molecule has 0 spiro atoms. The number of carbonyl (C=O) groups excluding carboxylic acids is 2. The van der Waals surface area contributed by atoms with Crippen LogP contribution in [-0.4, -0.2) is 61.5 Å². The molecule has 0 bridgehead atoms. The average Bonchev–Trinajstić information content (AvgIpc) is 2.90. The Morgan fingerprint density at radius 1 is 1.08 bits per heavy atom. The number of sulfonamides is 1. The lowest BCUT2D eigenvalue weighted by Crippen LogP contribution is -2.54. The summed E-state index contributed by atoms with van der Waals surface area (Å²) in [5.41, 5.74) is 0.701. The van der Waals surface area contributed by atoms with Gasteiger partial charge >= 0.3 is 0 Å². The van der Waals surface area contributed by atoms with Gasteiger partial charge < -0.3 is 10.2 Å². The first-order chi connectivity index (χ1) is 18.1. The highest BCUT2D eigenvalue weighted by molar-refractivity contribution is 7.92. The maximum absolute atomic E-state index is 13.7. The van der Waals surface area contributed by atoms with Gasteiger partial charge in [-0.15, -0.1) is 0 Å². The highest BCUT2D eigenvalue weighted by Gasteiger charge is 2.32. The third-order valence-electron chi connectivity index (χ3n) is 6.83. The van der Waals surface area contributed by atoms with E-state index in [1.54, 1.807) is 0 Å². The van der Waals surface area contributed by atoms with Crippen LogP contribution in [0.1, 0.15) is 51.0 Å². The molecule has 0 saturated heterocycles. The summed E-state index contributed by atoms with van der Waals surface area (Å²) in [4.78, 5) is 39.2. The number of benzene rings is 2. The molecule has 0 radical (unpaired) electrons. The number of nitro benzene ring substituents is 1. The van der Waals surface area contributed by atoms with Crippen LogP contribution in [0.25, 0.3) is 0 Å². The van der Waals surface area contributed by atoms with Crippen molar-refractivity contribution in [1.29, 1.82) is 0 Å². The summed E-state index contributed by atoms with van der Waals surface area (Å²) in [6, 6.07) is 14.0. The summed E-state index contributed by atoms with van der Waals surface area (Å²) in [6.45, 7) is 1.46. The Balaban J connectivity index is 1.88.